The number of hydrogen-bond acceptors (Lipinski definition) is 8. The highest BCUT2D eigenvalue weighted by atomic mass is 16.5. The van der Waals surface area contributed by atoms with Gasteiger partial charge in [-0.1, -0.05) is 18.2 Å². The Morgan fingerprint density at radius 2 is 1.83 bits per heavy atom. The Morgan fingerprint density at radius 3 is 2.56 bits per heavy atom. The first-order valence-electron chi connectivity index (χ1n) is 10.8. The van der Waals surface area contributed by atoms with Gasteiger partial charge in [-0.05, 0) is 60.5 Å². The van der Waals surface area contributed by atoms with E-state index >= 15 is 0 Å². The van der Waals surface area contributed by atoms with Gasteiger partial charge in [-0.2, -0.15) is 0 Å². The van der Waals surface area contributed by atoms with Crippen molar-refractivity contribution in [3.05, 3.63) is 82.8 Å². The third kappa shape index (κ3) is 4.97. The van der Waals surface area contributed by atoms with Gasteiger partial charge in [-0.25, -0.2) is 14.5 Å². The zero-order valence-corrected chi connectivity index (χ0v) is 19.7. The summed E-state index contributed by atoms with van der Waals surface area (Å²) in [6.45, 7) is 1.85. The number of nitrogens with zero attached hydrogens (tertiary/aromatic N) is 1. The van der Waals surface area contributed by atoms with E-state index < -0.39 is 23.8 Å². The van der Waals surface area contributed by atoms with Gasteiger partial charge >= 0.3 is 12.0 Å². The van der Waals surface area contributed by atoms with E-state index in [1.165, 1.54) is 26.4 Å². The number of nitrogens with one attached hydrogen (secondary N) is 1. The second kappa shape index (κ2) is 10.2. The van der Waals surface area contributed by atoms with Gasteiger partial charge in [0.2, 0.25) is 5.76 Å². The summed E-state index contributed by atoms with van der Waals surface area (Å²) in [6.07, 6.45) is 1.37. The van der Waals surface area contributed by atoms with Crippen LogP contribution in [0.5, 0.6) is 11.5 Å². The third-order valence-electron chi connectivity index (χ3n) is 5.28. The number of methoxy groups -OCH3 is 2. The number of carbonyl (C=O) groups excluding carboxylic acids is 4. The number of furan rings is 1. The molecule has 10 heteroatoms. The molecular formula is C26H22N2O8. The van der Waals surface area contributed by atoms with Gasteiger partial charge < -0.3 is 18.6 Å². The first-order valence-corrected chi connectivity index (χ1v) is 10.8. The molecule has 0 unspecified atom stereocenters. The molecule has 4 rings (SSSR count). The highest BCUT2D eigenvalue weighted by Crippen LogP contribution is 2.31. The van der Waals surface area contributed by atoms with E-state index in [9.17, 15) is 19.2 Å². The smallest absolute Gasteiger partial charge is 0.373 e. The van der Waals surface area contributed by atoms with Crippen LogP contribution >= 0.6 is 0 Å². The van der Waals surface area contributed by atoms with E-state index in [0.717, 1.165) is 10.5 Å². The van der Waals surface area contributed by atoms with Crippen molar-refractivity contribution in [1.82, 2.24) is 5.32 Å². The summed E-state index contributed by atoms with van der Waals surface area (Å²) in [5.74, 6) is -0.987. The summed E-state index contributed by atoms with van der Waals surface area (Å²) in [5.41, 5.74) is 1.47. The highest BCUT2D eigenvalue weighted by molar-refractivity contribution is 6.39. The minimum Gasteiger partial charge on any atom is -0.493 e. The molecule has 0 aliphatic carbocycles. The van der Waals surface area contributed by atoms with E-state index in [-0.39, 0.29) is 17.9 Å². The first kappa shape index (κ1) is 24.3. The number of ether oxygens (including phenoxy) is 3. The average Bonchev–Trinajstić information content (AvgIpc) is 3.34. The zero-order valence-electron chi connectivity index (χ0n) is 19.7. The second-order valence-corrected chi connectivity index (χ2v) is 7.75. The monoisotopic (exact) mass is 490 g/mol. The molecule has 1 saturated heterocycles. The van der Waals surface area contributed by atoms with Gasteiger partial charge in [-0.15, -0.1) is 0 Å². The van der Waals surface area contributed by atoms with Crippen LogP contribution in [0.25, 0.3) is 6.08 Å². The van der Waals surface area contributed by atoms with E-state index in [0.29, 0.717) is 28.5 Å². The summed E-state index contributed by atoms with van der Waals surface area (Å²) in [4.78, 5) is 50.4. The molecule has 36 heavy (non-hydrogen) atoms. The number of aryl methyl sites for hydroxylation is 1. The summed E-state index contributed by atoms with van der Waals surface area (Å²) < 4.78 is 21.1. The van der Waals surface area contributed by atoms with Crippen molar-refractivity contribution in [2.75, 3.05) is 19.1 Å². The van der Waals surface area contributed by atoms with Gasteiger partial charge in [-0.3, -0.25) is 14.9 Å². The minimum absolute atomic E-state index is 0.0161. The summed E-state index contributed by atoms with van der Waals surface area (Å²) in [5, 5.41) is 2.20. The Labute approximate surface area is 206 Å². The quantitative estimate of drug-likeness (QED) is 0.303. The zero-order chi connectivity index (χ0) is 25.8. The van der Waals surface area contributed by atoms with Crippen LogP contribution in [0.1, 0.15) is 27.4 Å². The summed E-state index contributed by atoms with van der Waals surface area (Å²) >= 11 is 0. The van der Waals surface area contributed by atoms with Crippen LogP contribution in [0, 0.1) is 6.92 Å². The molecule has 184 valence electrons. The molecule has 1 aromatic heterocycles. The maximum Gasteiger partial charge on any atom is 0.373 e. The fourth-order valence-electron chi connectivity index (χ4n) is 3.53. The van der Waals surface area contributed by atoms with Crippen molar-refractivity contribution >= 4 is 35.6 Å². The van der Waals surface area contributed by atoms with Crippen LogP contribution in [0.4, 0.5) is 10.5 Å². The lowest BCUT2D eigenvalue weighted by atomic mass is 10.1. The van der Waals surface area contributed by atoms with E-state index in [1.807, 2.05) is 13.0 Å². The van der Waals surface area contributed by atoms with Crippen molar-refractivity contribution in [3.8, 4) is 11.5 Å². The average molecular weight is 490 g/mol. The van der Waals surface area contributed by atoms with E-state index in [2.05, 4.69) is 10.1 Å². The van der Waals surface area contributed by atoms with Crippen molar-refractivity contribution in [1.29, 1.82) is 0 Å². The van der Waals surface area contributed by atoms with Gasteiger partial charge in [0.05, 0.1) is 19.9 Å². The number of amides is 4. The Bertz CT molecular complexity index is 1390. The largest absolute Gasteiger partial charge is 0.493 e. The molecule has 3 aromatic rings. The number of barbiturate groups is 1. The molecule has 1 aliphatic heterocycles. The standard InChI is InChI=1S/C26H22N2O8/c1-15-5-4-6-17(11-15)28-24(30)19(23(29)27-26(28)32)12-16-7-9-20(22(13-16)33-2)35-14-18-8-10-21(36-18)25(31)34-3/h4-13H,14H2,1-3H3,(H,27,29,32)/b19-12-. The van der Waals surface area contributed by atoms with Crippen LogP contribution < -0.4 is 19.7 Å². The second-order valence-electron chi connectivity index (χ2n) is 7.75. The Balaban J connectivity index is 1.56. The topological polar surface area (TPSA) is 124 Å². The predicted octanol–water partition coefficient (Wildman–Crippen LogP) is 3.63. The van der Waals surface area contributed by atoms with Crippen molar-refractivity contribution in [3.63, 3.8) is 0 Å². The number of benzene rings is 2. The number of rotatable bonds is 7. The molecule has 4 amide bonds. The lowest BCUT2D eigenvalue weighted by Gasteiger charge is -2.26. The minimum atomic E-state index is -0.817. The molecule has 0 radical (unpaired) electrons. The van der Waals surface area contributed by atoms with Crippen LogP contribution in [-0.4, -0.2) is 38.0 Å². The molecule has 1 fully saturated rings. The van der Waals surface area contributed by atoms with Crippen LogP contribution in [0.2, 0.25) is 0 Å². The molecule has 0 atom stereocenters. The lowest BCUT2D eigenvalue weighted by molar-refractivity contribution is -0.122. The molecule has 1 aliphatic rings. The van der Waals surface area contributed by atoms with Gasteiger partial charge in [0.1, 0.15) is 17.9 Å². The fourth-order valence-corrected chi connectivity index (χ4v) is 3.53. The highest BCUT2D eigenvalue weighted by Gasteiger charge is 2.36. The van der Waals surface area contributed by atoms with Crippen LogP contribution in [0.3, 0.4) is 0 Å². The van der Waals surface area contributed by atoms with Crippen LogP contribution in [-0.2, 0) is 20.9 Å². The van der Waals surface area contributed by atoms with Gasteiger partial charge in [0, 0.05) is 0 Å². The SMILES string of the molecule is COC(=O)c1ccc(COc2ccc(/C=C3/C(=O)NC(=O)N(c4cccc(C)c4)C3=O)cc2OC)o1. The first-order chi connectivity index (χ1) is 17.3. The summed E-state index contributed by atoms with van der Waals surface area (Å²) in [7, 11) is 2.70. The van der Waals surface area contributed by atoms with Crippen molar-refractivity contribution < 1.29 is 37.8 Å². The fraction of sp³-hybridized carbons (Fsp3) is 0.154. The third-order valence-corrected chi connectivity index (χ3v) is 5.28. The Morgan fingerprint density at radius 1 is 1.03 bits per heavy atom. The Hall–Kier alpha value is -4.86. The number of carbonyl (C=O) groups is 4. The predicted molar refractivity (Wildman–Crippen MR) is 128 cm³/mol. The molecule has 2 heterocycles. The number of urea groups is 1. The molecular weight excluding hydrogens is 468 g/mol. The van der Waals surface area contributed by atoms with Crippen LogP contribution in [0.15, 0.2) is 64.6 Å². The molecule has 0 spiro atoms. The molecule has 1 N–H and O–H groups in total. The molecule has 10 nitrogen and oxygen atoms in total. The van der Waals surface area contributed by atoms with Gasteiger partial charge in [0.15, 0.2) is 11.5 Å². The number of esters is 1. The van der Waals surface area contributed by atoms with Gasteiger partial charge in [0.25, 0.3) is 11.8 Å². The lowest BCUT2D eigenvalue weighted by Crippen LogP contribution is -2.54. The normalized spacial score (nSPS) is 14.6. The molecule has 0 saturated carbocycles. The maximum atomic E-state index is 13.1. The number of anilines is 1. The summed E-state index contributed by atoms with van der Waals surface area (Å²) in [6, 6.07) is 13.9. The number of hydrogen-bond donors (Lipinski definition) is 1. The van der Waals surface area contributed by atoms with E-state index in [1.54, 1.807) is 42.5 Å². The van der Waals surface area contributed by atoms with E-state index in [4.69, 9.17) is 13.9 Å². The maximum absolute atomic E-state index is 13.1. The van der Waals surface area contributed by atoms with Crippen molar-refractivity contribution in [2.45, 2.75) is 13.5 Å². The molecule has 2 aromatic carbocycles. The Kier molecular flexibility index (Phi) is 6.86. The van der Waals surface area contributed by atoms with Crippen molar-refractivity contribution in [2.24, 2.45) is 0 Å². The molecule has 0 bridgehead atoms. The number of imide groups is 2.